The van der Waals surface area contributed by atoms with E-state index < -0.39 is 0 Å². The van der Waals surface area contributed by atoms with Crippen LogP contribution in [0.1, 0.15) is 72.5 Å². The lowest BCUT2D eigenvalue weighted by Crippen LogP contribution is -2.54. The first-order valence-corrected chi connectivity index (χ1v) is 12.9. The fourth-order valence-corrected chi connectivity index (χ4v) is 5.82. The number of aromatic nitrogens is 2. The molecule has 0 bridgehead atoms. The highest BCUT2D eigenvalue weighted by molar-refractivity contribution is 7.09. The van der Waals surface area contributed by atoms with Crippen molar-refractivity contribution in [1.82, 2.24) is 24.1 Å². The van der Waals surface area contributed by atoms with Gasteiger partial charge in [0.15, 0.2) is 5.82 Å². The van der Waals surface area contributed by atoms with Crippen LogP contribution in [0, 0.1) is 5.41 Å². The molecule has 4 rings (SSSR count). The van der Waals surface area contributed by atoms with E-state index in [0.29, 0.717) is 18.0 Å². The Kier molecular flexibility index (Phi) is 6.62. The molecule has 3 heterocycles. The highest BCUT2D eigenvalue weighted by Gasteiger charge is 2.53. The number of hydrogen-bond acceptors (Lipinski definition) is 7. The Morgan fingerprint density at radius 1 is 1.23 bits per heavy atom. The summed E-state index contributed by atoms with van der Waals surface area (Å²) in [4.78, 5) is 24.9. The Morgan fingerprint density at radius 3 is 2.55 bits per heavy atom. The van der Waals surface area contributed by atoms with Gasteiger partial charge in [0.25, 0.3) is 0 Å². The molecule has 2 aliphatic heterocycles. The van der Waals surface area contributed by atoms with Gasteiger partial charge in [0.2, 0.25) is 11.0 Å². The van der Waals surface area contributed by atoms with Gasteiger partial charge in [0.05, 0.1) is 5.54 Å². The van der Waals surface area contributed by atoms with Crippen molar-refractivity contribution in [2.24, 2.45) is 5.41 Å². The average Bonchev–Trinajstić information content (AvgIpc) is 3.20. The predicted molar refractivity (Wildman–Crippen MR) is 126 cm³/mol. The molecular formula is C23H40N6OS. The highest BCUT2D eigenvalue weighted by atomic mass is 32.1. The number of carbonyl (C=O) groups is 1. The first-order valence-electron chi connectivity index (χ1n) is 12.1. The van der Waals surface area contributed by atoms with Gasteiger partial charge >= 0.3 is 0 Å². The molecule has 1 saturated carbocycles. The molecular weight excluding hydrogens is 408 g/mol. The highest BCUT2D eigenvalue weighted by Crippen LogP contribution is 2.50. The minimum atomic E-state index is -0.263. The predicted octanol–water partition coefficient (Wildman–Crippen LogP) is 3.39. The van der Waals surface area contributed by atoms with E-state index in [1.807, 2.05) is 0 Å². The maximum atomic E-state index is 12.8. The van der Waals surface area contributed by atoms with Gasteiger partial charge in [-0.2, -0.15) is 4.37 Å². The molecule has 0 radical (unpaired) electrons. The van der Waals surface area contributed by atoms with Gasteiger partial charge in [-0.1, -0.05) is 20.8 Å². The quantitative estimate of drug-likeness (QED) is 0.658. The summed E-state index contributed by atoms with van der Waals surface area (Å²) in [6, 6.07) is 1.20. The molecule has 1 aromatic heterocycles. The van der Waals surface area contributed by atoms with Crippen molar-refractivity contribution in [2.45, 2.75) is 84.3 Å². The smallest absolute Gasteiger partial charge is 0.228 e. The van der Waals surface area contributed by atoms with Crippen molar-refractivity contribution in [3.05, 3.63) is 5.82 Å². The third-order valence-corrected chi connectivity index (χ3v) is 8.45. The van der Waals surface area contributed by atoms with Crippen molar-refractivity contribution in [3.8, 4) is 0 Å². The Morgan fingerprint density at radius 2 is 1.94 bits per heavy atom. The van der Waals surface area contributed by atoms with Crippen LogP contribution < -0.4 is 5.32 Å². The van der Waals surface area contributed by atoms with Crippen LogP contribution in [-0.4, -0.2) is 81.3 Å². The first kappa shape index (κ1) is 22.9. The molecule has 1 aliphatic carbocycles. The average molecular weight is 449 g/mol. The lowest BCUT2D eigenvalue weighted by atomic mass is 9.88. The Labute approximate surface area is 191 Å². The number of nitrogens with zero attached hydrogens (tertiary/aromatic N) is 5. The van der Waals surface area contributed by atoms with Gasteiger partial charge in [-0.3, -0.25) is 14.6 Å². The summed E-state index contributed by atoms with van der Waals surface area (Å²) < 4.78 is 4.76. The lowest BCUT2D eigenvalue weighted by molar-refractivity contribution is -0.142. The molecule has 7 nitrogen and oxygen atoms in total. The fourth-order valence-electron chi connectivity index (χ4n) is 5.16. The normalized spacial score (nSPS) is 24.7. The molecule has 1 atom stereocenters. The topological polar surface area (TPSA) is 64.6 Å². The molecule has 2 saturated heterocycles. The lowest BCUT2D eigenvalue weighted by Gasteiger charge is -2.41. The fraction of sp³-hybridized carbons (Fsp3) is 0.870. The van der Waals surface area contributed by atoms with Gasteiger partial charge in [0, 0.05) is 61.8 Å². The zero-order chi connectivity index (χ0) is 22.2. The number of rotatable bonds is 8. The van der Waals surface area contributed by atoms with E-state index in [-0.39, 0.29) is 11.0 Å². The minimum absolute atomic E-state index is 0.00314. The molecule has 1 N–H and O–H groups in total. The van der Waals surface area contributed by atoms with Crippen LogP contribution in [-0.2, 0) is 10.3 Å². The molecule has 1 aromatic rings. The van der Waals surface area contributed by atoms with Crippen LogP contribution in [0.15, 0.2) is 0 Å². The van der Waals surface area contributed by atoms with E-state index in [1.165, 1.54) is 30.9 Å². The second kappa shape index (κ2) is 8.94. The summed E-state index contributed by atoms with van der Waals surface area (Å²) in [5, 5.41) is 4.53. The largest absolute Gasteiger partial charge is 0.359 e. The van der Waals surface area contributed by atoms with Gasteiger partial charge in [-0.05, 0) is 52.5 Å². The summed E-state index contributed by atoms with van der Waals surface area (Å²) in [7, 11) is 0. The summed E-state index contributed by atoms with van der Waals surface area (Å²) in [6.07, 6.45) is 5.69. The molecule has 3 fully saturated rings. The van der Waals surface area contributed by atoms with Crippen molar-refractivity contribution in [1.29, 1.82) is 0 Å². The molecule has 174 valence electrons. The van der Waals surface area contributed by atoms with Crippen LogP contribution in [0.5, 0.6) is 0 Å². The van der Waals surface area contributed by atoms with Gasteiger partial charge in [-0.15, -0.1) is 0 Å². The van der Waals surface area contributed by atoms with Crippen molar-refractivity contribution < 1.29 is 4.79 Å². The third kappa shape index (κ3) is 4.62. The number of anilines is 1. The number of piperazine rings is 1. The maximum absolute atomic E-state index is 12.8. The Balaban J connectivity index is 1.33. The number of likely N-dealkylation sites (tertiary alicyclic amines) is 1. The van der Waals surface area contributed by atoms with Crippen LogP contribution in [0.2, 0.25) is 0 Å². The maximum Gasteiger partial charge on any atom is 0.228 e. The zero-order valence-corrected chi connectivity index (χ0v) is 20.8. The second-order valence-corrected chi connectivity index (χ2v) is 11.2. The van der Waals surface area contributed by atoms with Crippen molar-refractivity contribution >= 4 is 22.6 Å². The van der Waals surface area contributed by atoms with E-state index in [2.05, 4.69) is 54.6 Å². The van der Waals surface area contributed by atoms with Crippen LogP contribution in [0.4, 0.5) is 5.13 Å². The van der Waals surface area contributed by atoms with E-state index in [1.54, 1.807) is 0 Å². The Bertz CT molecular complexity index is 766. The van der Waals surface area contributed by atoms with Crippen molar-refractivity contribution in [2.75, 3.05) is 44.6 Å². The monoisotopic (exact) mass is 448 g/mol. The summed E-state index contributed by atoms with van der Waals surface area (Å²) >= 11 is 1.50. The molecule has 0 aromatic carbocycles. The standard InChI is InChI=1S/C23H40N6OS/c1-6-22(4,5)20(30)27-12-14-28(15-13-27)23(9-10-23)19-25-21(31-26-19)24-16-18-8-7-11-29(18)17(2)3/h17-18H,6-16H2,1-5H3,(H,24,25,26)/t18-/m0/s1. The molecule has 0 unspecified atom stereocenters. The number of carbonyl (C=O) groups excluding carboxylic acids is 1. The molecule has 1 amide bonds. The third-order valence-electron chi connectivity index (χ3n) is 7.78. The number of amides is 1. The molecule has 3 aliphatic rings. The van der Waals surface area contributed by atoms with Crippen LogP contribution in [0.3, 0.4) is 0 Å². The van der Waals surface area contributed by atoms with Gasteiger partial charge in [-0.25, -0.2) is 4.98 Å². The summed E-state index contributed by atoms with van der Waals surface area (Å²) in [5.74, 6) is 1.28. The minimum Gasteiger partial charge on any atom is -0.359 e. The second-order valence-electron chi connectivity index (χ2n) is 10.5. The van der Waals surface area contributed by atoms with E-state index in [0.717, 1.165) is 62.9 Å². The number of nitrogens with one attached hydrogen (secondary N) is 1. The molecule has 8 heteroatoms. The zero-order valence-electron chi connectivity index (χ0n) is 20.0. The van der Waals surface area contributed by atoms with Gasteiger partial charge < -0.3 is 10.2 Å². The van der Waals surface area contributed by atoms with E-state index >= 15 is 0 Å². The SMILES string of the molecule is CCC(C)(C)C(=O)N1CCN(C2(c3nsc(NC[C@@H]4CCCN4C(C)C)n3)CC2)CC1. The summed E-state index contributed by atoms with van der Waals surface area (Å²) in [6.45, 7) is 16.4. The Hall–Kier alpha value is -1.25. The van der Waals surface area contributed by atoms with E-state index in [9.17, 15) is 4.79 Å². The van der Waals surface area contributed by atoms with Gasteiger partial charge in [0.1, 0.15) is 0 Å². The molecule has 31 heavy (non-hydrogen) atoms. The number of hydrogen-bond donors (Lipinski definition) is 1. The van der Waals surface area contributed by atoms with Crippen LogP contribution >= 0.6 is 11.5 Å². The molecule has 0 spiro atoms. The van der Waals surface area contributed by atoms with Crippen molar-refractivity contribution in [3.63, 3.8) is 0 Å². The summed E-state index contributed by atoms with van der Waals surface area (Å²) in [5.41, 5.74) is -0.260. The van der Waals surface area contributed by atoms with E-state index in [4.69, 9.17) is 9.36 Å². The first-order chi connectivity index (χ1) is 14.8. The van der Waals surface area contributed by atoms with Crippen LogP contribution in [0.25, 0.3) is 0 Å².